The van der Waals surface area contributed by atoms with Gasteiger partial charge >= 0.3 is 0 Å². The maximum Gasteiger partial charge on any atom is 0.0375 e. The first-order valence-electron chi connectivity index (χ1n) is 4.77. The standard InChI is InChI=1S/C10H23NOS/c1-9(2,3)13(12)7-6-10(4,5)8-11/h6-8,11H2,1-5H3. The Hall–Kier alpha value is 0.110. The Morgan fingerprint density at radius 2 is 1.62 bits per heavy atom. The maximum absolute atomic E-state index is 11.7. The van der Waals surface area contributed by atoms with Crippen molar-refractivity contribution >= 4 is 10.8 Å². The summed E-state index contributed by atoms with van der Waals surface area (Å²) in [6.45, 7) is 10.9. The van der Waals surface area contributed by atoms with Crippen molar-refractivity contribution in [1.82, 2.24) is 0 Å². The second-order valence-electron chi connectivity index (χ2n) is 5.28. The summed E-state index contributed by atoms with van der Waals surface area (Å²) >= 11 is 0. The smallest absolute Gasteiger partial charge is 0.0375 e. The average molecular weight is 205 g/mol. The van der Waals surface area contributed by atoms with Crippen LogP contribution >= 0.6 is 0 Å². The van der Waals surface area contributed by atoms with Gasteiger partial charge in [-0.1, -0.05) is 13.8 Å². The van der Waals surface area contributed by atoms with Crippen LogP contribution in [0.2, 0.25) is 0 Å². The molecule has 80 valence electrons. The van der Waals surface area contributed by atoms with Crippen molar-refractivity contribution in [1.29, 1.82) is 0 Å². The Morgan fingerprint density at radius 3 is 1.92 bits per heavy atom. The highest BCUT2D eigenvalue weighted by Crippen LogP contribution is 2.21. The minimum Gasteiger partial charge on any atom is -0.330 e. The van der Waals surface area contributed by atoms with E-state index in [1.807, 2.05) is 20.8 Å². The van der Waals surface area contributed by atoms with Gasteiger partial charge in [0, 0.05) is 21.3 Å². The Balaban J connectivity index is 3.98. The molecular formula is C10H23NOS. The van der Waals surface area contributed by atoms with E-state index in [2.05, 4.69) is 13.8 Å². The lowest BCUT2D eigenvalue weighted by Gasteiger charge is -2.24. The first kappa shape index (κ1) is 13.1. The Labute approximate surface area is 84.7 Å². The number of rotatable bonds is 4. The largest absolute Gasteiger partial charge is 0.330 e. The molecule has 0 rings (SSSR count). The fourth-order valence-corrected chi connectivity index (χ4v) is 2.13. The SMILES string of the molecule is CC(C)(CN)CCS(=O)C(C)(C)C. The van der Waals surface area contributed by atoms with E-state index in [-0.39, 0.29) is 10.2 Å². The van der Waals surface area contributed by atoms with Crippen LogP contribution in [0.25, 0.3) is 0 Å². The van der Waals surface area contributed by atoms with E-state index >= 15 is 0 Å². The summed E-state index contributed by atoms with van der Waals surface area (Å²) in [6, 6.07) is 0. The molecule has 0 heterocycles. The Morgan fingerprint density at radius 1 is 1.15 bits per heavy atom. The normalized spacial score (nSPS) is 15.8. The minimum atomic E-state index is -0.741. The van der Waals surface area contributed by atoms with Gasteiger partial charge in [0.1, 0.15) is 0 Å². The van der Waals surface area contributed by atoms with Crippen molar-refractivity contribution in [2.24, 2.45) is 11.1 Å². The maximum atomic E-state index is 11.7. The van der Waals surface area contributed by atoms with Gasteiger partial charge in [0.2, 0.25) is 0 Å². The zero-order valence-corrected chi connectivity index (χ0v) is 10.3. The second-order valence-corrected chi connectivity index (χ2v) is 7.60. The lowest BCUT2D eigenvalue weighted by atomic mass is 9.91. The Kier molecular flexibility index (Phi) is 4.60. The van der Waals surface area contributed by atoms with E-state index in [1.54, 1.807) is 0 Å². The Bertz CT molecular complexity index is 182. The molecule has 0 aliphatic rings. The van der Waals surface area contributed by atoms with Crippen LogP contribution in [-0.4, -0.2) is 21.3 Å². The molecule has 0 amide bonds. The molecule has 0 saturated heterocycles. The third-order valence-corrected chi connectivity index (χ3v) is 4.14. The molecule has 0 spiro atoms. The van der Waals surface area contributed by atoms with Gasteiger partial charge in [0.05, 0.1) is 0 Å². The van der Waals surface area contributed by atoms with Crippen molar-refractivity contribution in [3.05, 3.63) is 0 Å². The predicted octanol–water partition coefficient (Wildman–Crippen LogP) is 1.91. The van der Waals surface area contributed by atoms with Crippen LogP contribution in [0.3, 0.4) is 0 Å². The molecule has 13 heavy (non-hydrogen) atoms. The molecule has 0 aromatic carbocycles. The first-order chi connectivity index (χ1) is 5.69. The average Bonchev–Trinajstić information content (AvgIpc) is 1.98. The highest BCUT2D eigenvalue weighted by Gasteiger charge is 2.23. The van der Waals surface area contributed by atoms with Gasteiger partial charge in [-0.05, 0) is 39.2 Å². The summed E-state index contributed by atoms with van der Waals surface area (Å²) < 4.78 is 11.6. The molecular weight excluding hydrogens is 182 g/mol. The van der Waals surface area contributed by atoms with E-state index in [0.717, 1.165) is 12.2 Å². The van der Waals surface area contributed by atoms with E-state index in [1.165, 1.54) is 0 Å². The van der Waals surface area contributed by atoms with Gasteiger partial charge in [0.25, 0.3) is 0 Å². The molecule has 0 aliphatic carbocycles. The van der Waals surface area contributed by atoms with Crippen molar-refractivity contribution in [3.63, 3.8) is 0 Å². The van der Waals surface area contributed by atoms with Crippen molar-refractivity contribution < 1.29 is 4.21 Å². The molecule has 0 fully saturated rings. The summed E-state index contributed by atoms with van der Waals surface area (Å²) in [5.41, 5.74) is 5.73. The van der Waals surface area contributed by atoms with Crippen LogP contribution in [0.1, 0.15) is 41.0 Å². The van der Waals surface area contributed by atoms with Gasteiger partial charge in [-0.15, -0.1) is 0 Å². The highest BCUT2D eigenvalue weighted by atomic mass is 32.2. The van der Waals surface area contributed by atoms with Crippen molar-refractivity contribution in [2.75, 3.05) is 12.3 Å². The van der Waals surface area contributed by atoms with Crippen LogP contribution in [-0.2, 0) is 10.8 Å². The lowest BCUT2D eigenvalue weighted by molar-refractivity contribution is 0.366. The molecule has 1 unspecified atom stereocenters. The van der Waals surface area contributed by atoms with Gasteiger partial charge in [0.15, 0.2) is 0 Å². The number of nitrogens with two attached hydrogens (primary N) is 1. The molecule has 0 aromatic rings. The summed E-state index contributed by atoms with van der Waals surface area (Å²) in [6.07, 6.45) is 0.938. The lowest BCUT2D eigenvalue weighted by Crippen LogP contribution is -2.30. The van der Waals surface area contributed by atoms with E-state index in [0.29, 0.717) is 6.54 Å². The summed E-state index contributed by atoms with van der Waals surface area (Å²) in [4.78, 5) is 0. The molecule has 1 atom stereocenters. The summed E-state index contributed by atoms with van der Waals surface area (Å²) in [5, 5.41) is 0. The summed E-state index contributed by atoms with van der Waals surface area (Å²) in [5.74, 6) is 0.758. The zero-order valence-electron chi connectivity index (χ0n) is 9.52. The first-order valence-corrected chi connectivity index (χ1v) is 6.09. The fraction of sp³-hybridized carbons (Fsp3) is 1.00. The van der Waals surface area contributed by atoms with Gasteiger partial charge < -0.3 is 5.73 Å². The van der Waals surface area contributed by atoms with Gasteiger partial charge in [-0.25, -0.2) is 0 Å². The molecule has 2 N–H and O–H groups in total. The summed E-state index contributed by atoms with van der Waals surface area (Å²) in [7, 11) is -0.741. The molecule has 0 radical (unpaired) electrons. The quantitative estimate of drug-likeness (QED) is 0.762. The zero-order chi connectivity index (χ0) is 10.7. The second kappa shape index (κ2) is 4.56. The van der Waals surface area contributed by atoms with E-state index < -0.39 is 10.8 Å². The predicted molar refractivity (Wildman–Crippen MR) is 60.2 cm³/mol. The van der Waals surface area contributed by atoms with Crippen LogP contribution in [0.15, 0.2) is 0 Å². The van der Waals surface area contributed by atoms with Gasteiger partial charge in [-0.2, -0.15) is 0 Å². The molecule has 2 nitrogen and oxygen atoms in total. The van der Waals surface area contributed by atoms with Crippen molar-refractivity contribution in [3.8, 4) is 0 Å². The van der Waals surface area contributed by atoms with E-state index in [9.17, 15) is 4.21 Å². The highest BCUT2D eigenvalue weighted by molar-refractivity contribution is 7.86. The molecule has 0 saturated carbocycles. The van der Waals surface area contributed by atoms with Crippen LogP contribution in [0, 0.1) is 5.41 Å². The number of hydrogen-bond acceptors (Lipinski definition) is 2. The van der Waals surface area contributed by atoms with Crippen LogP contribution < -0.4 is 5.73 Å². The van der Waals surface area contributed by atoms with Crippen LogP contribution in [0.5, 0.6) is 0 Å². The third-order valence-electron chi connectivity index (χ3n) is 2.20. The number of hydrogen-bond donors (Lipinski definition) is 1. The third kappa shape index (κ3) is 5.42. The minimum absolute atomic E-state index is 0.0926. The van der Waals surface area contributed by atoms with Crippen molar-refractivity contribution in [2.45, 2.75) is 45.8 Å². The monoisotopic (exact) mass is 205 g/mol. The topological polar surface area (TPSA) is 43.1 Å². The molecule has 0 aromatic heterocycles. The fourth-order valence-electron chi connectivity index (χ4n) is 0.777. The molecule has 0 aliphatic heterocycles. The molecule has 3 heteroatoms. The van der Waals surface area contributed by atoms with Gasteiger partial charge in [-0.3, -0.25) is 4.21 Å². The van der Waals surface area contributed by atoms with E-state index in [4.69, 9.17) is 5.73 Å². The molecule has 0 bridgehead atoms. The van der Waals surface area contributed by atoms with Crippen LogP contribution in [0.4, 0.5) is 0 Å².